The fourth-order valence-electron chi connectivity index (χ4n) is 6.45. The van der Waals surface area contributed by atoms with Gasteiger partial charge >= 0.3 is 0 Å². The van der Waals surface area contributed by atoms with Gasteiger partial charge in [0.15, 0.2) is 0 Å². The summed E-state index contributed by atoms with van der Waals surface area (Å²) >= 11 is 0. The molecule has 1 radical (unpaired) electrons. The fraction of sp³-hybridized carbons (Fsp3) is 0.156. The van der Waals surface area contributed by atoms with Crippen LogP contribution in [0, 0.1) is 31.3 Å². The second-order valence-electron chi connectivity index (χ2n) is 13.0. The molecule has 4 heteroatoms. The van der Waals surface area contributed by atoms with Gasteiger partial charge in [-0.25, -0.2) is 0 Å². The molecule has 0 spiro atoms. The number of fused-ring (bicyclic) bond motifs is 12. The molecule has 9 aromatic rings. The van der Waals surface area contributed by atoms with Crippen LogP contribution in [0.5, 0.6) is 0 Å². The Hall–Kier alpha value is -4.89. The van der Waals surface area contributed by atoms with Gasteiger partial charge in [0, 0.05) is 65.0 Å². The minimum Gasteiger partial charge on any atom is -0.455 e. The summed E-state index contributed by atoms with van der Waals surface area (Å²) in [4.78, 5) is 8.86. The van der Waals surface area contributed by atoms with Gasteiger partial charge in [-0.2, -0.15) is 0 Å². The standard InChI is InChI=1S/C32H24NO.C13H12N.Ir/c1-32(2,3)18-20-16-17-33-29-24-11-7-6-10-22(24)23-14-15-26-25-13-12-19-8-4-5-9-21(19)30(25)34-31(26)28(23)27(20)29;1-10-3-6-12(7-4-10)13-8-5-11(2)9-14-13;/h4-10,12-17H,18H2,1-3H3;3-6,8-9H,1-2H3;/q2*-1;/i18D2;1D3,2D3;. The molecule has 0 bridgehead atoms. The van der Waals surface area contributed by atoms with Gasteiger partial charge in [-0.15, -0.1) is 65.0 Å². The summed E-state index contributed by atoms with van der Waals surface area (Å²) in [5.41, 5.74) is 3.93. The van der Waals surface area contributed by atoms with Crippen LogP contribution < -0.4 is 0 Å². The van der Waals surface area contributed by atoms with Crippen LogP contribution in [0.2, 0.25) is 0 Å². The molecule has 0 saturated heterocycles. The summed E-state index contributed by atoms with van der Waals surface area (Å²) in [5, 5.41) is 8.94. The van der Waals surface area contributed by atoms with E-state index < -0.39 is 25.5 Å². The molecule has 0 saturated carbocycles. The molecule has 0 aliphatic rings. The van der Waals surface area contributed by atoms with Crippen molar-refractivity contribution in [3.63, 3.8) is 0 Å². The van der Waals surface area contributed by atoms with Crippen LogP contribution in [-0.2, 0) is 26.5 Å². The van der Waals surface area contributed by atoms with Crippen molar-refractivity contribution in [2.24, 2.45) is 5.41 Å². The molecule has 3 heterocycles. The zero-order valence-electron chi connectivity index (χ0n) is 35.1. The van der Waals surface area contributed by atoms with Crippen molar-refractivity contribution < 1.29 is 35.5 Å². The summed E-state index contributed by atoms with van der Waals surface area (Å²) in [6.07, 6.45) is 1.41. The number of aryl methyl sites for hydroxylation is 2. The minimum atomic E-state index is -2.18. The van der Waals surface area contributed by atoms with E-state index in [0.29, 0.717) is 16.8 Å². The second kappa shape index (κ2) is 12.9. The quantitative estimate of drug-likeness (QED) is 0.129. The maximum Gasteiger partial charge on any atom is 0.143 e. The Morgan fingerprint density at radius 3 is 2.27 bits per heavy atom. The zero-order chi connectivity index (χ0) is 39.8. The number of pyridine rings is 2. The first-order valence-corrected chi connectivity index (χ1v) is 15.8. The van der Waals surface area contributed by atoms with Crippen molar-refractivity contribution in [3.8, 4) is 11.3 Å². The predicted molar refractivity (Wildman–Crippen MR) is 202 cm³/mol. The Morgan fingerprint density at radius 2 is 1.49 bits per heavy atom. The van der Waals surface area contributed by atoms with Gasteiger partial charge in [-0.05, 0) is 69.3 Å². The van der Waals surface area contributed by atoms with Crippen LogP contribution in [-0.4, -0.2) is 9.97 Å². The van der Waals surface area contributed by atoms with Crippen LogP contribution >= 0.6 is 0 Å². The summed E-state index contributed by atoms with van der Waals surface area (Å²) in [6.45, 7) is 1.49. The summed E-state index contributed by atoms with van der Waals surface area (Å²) in [7, 11) is 0. The first-order valence-electron chi connectivity index (χ1n) is 19.8. The first-order chi connectivity index (χ1) is 26.4. The molecule has 0 aliphatic heterocycles. The van der Waals surface area contributed by atoms with E-state index >= 15 is 0 Å². The van der Waals surface area contributed by atoms with Crippen molar-refractivity contribution in [2.75, 3.05) is 0 Å². The van der Waals surface area contributed by atoms with E-state index in [-0.39, 0.29) is 31.2 Å². The molecule has 3 nitrogen and oxygen atoms in total. The molecule has 0 aliphatic carbocycles. The molecule has 3 aromatic heterocycles. The van der Waals surface area contributed by atoms with E-state index in [1.165, 1.54) is 24.4 Å². The molecule has 49 heavy (non-hydrogen) atoms. The van der Waals surface area contributed by atoms with Gasteiger partial charge in [-0.3, -0.25) is 0 Å². The van der Waals surface area contributed by atoms with Crippen LogP contribution in [0.3, 0.4) is 0 Å². The summed E-state index contributed by atoms with van der Waals surface area (Å²) in [6, 6.07) is 38.4. The summed E-state index contributed by atoms with van der Waals surface area (Å²) < 4.78 is 68.8. The minimum absolute atomic E-state index is 0. The van der Waals surface area contributed by atoms with Crippen LogP contribution in [0.4, 0.5) is 0 Å². The largest absolute Gasteiger partial charge is 0.455 e. The monoisotopic (exact) mass is 821 g/mol. The predicted octanol–water partition coefficient (Wildman–Crippen LogP) is 12.1. The molecule has 0 unspecified atom stereocenters. The van der Waals surface area contributed by atoms with E-state index in [1.54, 1.807) is 18.3 Å². The Balaban J connectivity index is 0.000000202. The molecule has 6 aromatic carbocycles. The average Bonchev–Trinajstić information content (AvgIpc) is 3.56. The van der Waals surface area contributed by atoms with Crippen LogP contribution in [0.15, 0.2) is 120 Å². The van der Waals surface area contributed by atoms with Crippen molar-refractivity contribution in [1.82, 2.24) is 9.97 Å². The molecule has 0 atom stereocenters. The zero-order valence-corrected chi connectivity index (χ0v) is 29.5. The number of aromatic nitrogens is 2. The van der Waals surface area contributed by atoms with Crippen molar-refractivity contribution in [2.45, 2.75) is 40.8 Å². The Bertz CT molecular complexity index is 2890. The third-order valence-electron chi connectivity index (χ3n) is 8.48. The molecule has 0 N–H and O–H groups in total. The molecular formula is C45H36IrN2O-2. The number of nitrogens with zero attached hydrogens (tertiary/aromatic N) is 2. The van der Waals surface area contributed by atoms with Gasteiger partial charge in [0.05, 0.1) is 0 Å². The second-order valence-corrected chi connectivity index (χ2v) is 13.0. The average molecular weight is 821 g/mol. The number of hydrogen-bond acceptors (Lipinski definition) is 3. The van der Waals surface area contributed by atoms with Gasteiger partial charge in [0.2, 0.25) is 0 Å². The SMILES string of the molecule is [2H]C([2H])([2H])c1c[c-]c(-c2ccc(C([2H])([2H])[2H])cn2)cc1.[2H]C([2H])(c1ccnc2c3[c-]cccc3c3ccc4c5ccc6ccccc6c5oc4c3c12)C(C)(C)C.[Ir]. The Morgan fingerprint density at radius 1 is 0.714 bits per heavy atom. The first kappa shape index (κ1) is 24.3. The van der Waals surface area contributed by atoms with Crippen molar-refractivity contribution in [3.05, 3.63) is 144 Å². The van der Waals surface area contributed by atoms with Crippen LogP contribution in [0.25, 0.3) is 76.4 Å². The van der Waals surface area contributed by atoms with E-state index in [1.807, 2.05) is 51.1 Å². The van der Waals surface area contributed by atoms with Crippen molar-refractivity contribution in [1.29, 1.82) is 0 Å². The van der Waals surface area contributed by atoms with E-state index in [2.05, 4.69) is 59.6 Å². The third-order valence-corrected chi connectivity index (χ3v) is 8.48. The topological polar surface area (TPSA) is 38.9 Å². The summed E-state index contributed by atoms with van der Waals surface area (Å²) in [5.74, 6) is 0. The van der Waals surface area contributed by atoms with Crippen LogP contribution in [0.1, 0.15) is 48.4 Å². The van der Waals surface area contributed by atoms with Gasteiger partial charge < -0.3 is 14.4 Å². The van der Waals surface area contributed by atoms with E-state index in [4.69, 9.17) is 17.6 Å². The molecule has 243 valence electrons. The fourth-order valence-corrected chi connectivity index (χ4v) is 6.45. The van der Waals surface area contributed by atoms with E-state index in [0.717, 1.165) is 65.2 Å². The third kappa shape index (κ3) is 6.01. The normalized spacial score (nSPS) is 14.9. The number of hydrogen-bond donors (Lipinski definition) is 0. The number of rotatable bonds is 2. The smallest absolute Gasteiger partial charge is 0.143 e. The number of furan rings is 1. The Labute approximate surface area is 311 Å². The maximum absolute atomic E-state index is 9.21. The van der Waals surface area contributed by atoms with Gasteiger partial charge in [0.1, 0.15) is 11.2 Å². The van der Waals surface area contributed by atoms with Gasteiger partial charge in [-0.1, -0.05) is 87.6 Å². The van der Waals surface area contributed by atoms with Gasteiger partial charge in [0.25, 0.3) is 0 Å². The maximum atomic E-state index is 9.21. The number of benzene rings is 6. The molecule has 0 fully saturated rings. The molecule has 9 rings (SSSR count). The molecule has 0 amide bonds. The van der Waals surface area contributed by atoms with E-state index in [9.17, 15) is 2.74 Å². The molecular weight excluding hydrogens is 777 g/mol. The Kier molecular flexibility index (Phi) is 6.37. The van der Waals surface area contributed by atoms with Crippen molar-refractivity contribution >= 4 is 65.2 Å².